The zero-order chi connectivity index (χ0) is 16.4. The van der Waals surface area contributed by atoms with Crippen LogP contribution >= 0.6 is 24.0 Å². The van der Waals surface area contributed by atoms with Crippen LogP contribution in [0.2, 0.25) is 0 Å². The summed E-state index contributed by atoms with van der Waals surface area (Å²) in [5, 5.41) is 6.95. The number of guanidine groups is 1. The zero-order valence-electron chi connectivity index (χ0n) is 15.9. The van der Waals surface area contributed by atoms with Crippen LogP contribution in [0.5, 0.6) is 0 Å². The molecule has 0 saturated carbocycles. The van der Waals surface area contributed by atoms with E-state index in [1.165, 1.54) is 45.3 Å². The maximum absolute atomic E-state index is 4.82. The van der Waals surface area contributed by atoms with Crippen molar-refractivity contribution >= 4 is 29.9 Å². The predicted octanol–water partition coefficient (Wildman–Crippen LogP) is 3.72. The number of hydrogen-bond donors (Lipinski definition) is 2. The second kappa shape index (κ2) is 13.3. The first-order valence-corrected chi connectivity index (χ1v) is 9.32. The Balaban J connectivity index is 0.00000484. The highest BCUT2D eigenvalue weighted by atomic mass is 127. The predicted molar refractivity (Wildman–Crippen MR) is 113 cm³/mol. The van der Waals surface area contributed by atoms with Gasteiger partial charge >= 0.3 is 0 Å². The summed E-state index contributed by atoms with van der Waals surface area (Å²) in [6.45, 7) is 16.7. The van der Waals surface area contributed by atoms with Crippen LogP contribution in [0.1, 0.15) is 60.3 Å². The van der Waals surface area contributed by atoms with Gasteiger partial charge in [0.15, 0.2) is 5.96 Å². The summed E-state index contributed by atoms with van der Waals surface area (Å²) in [5.41, 5.74) is 0. The average molecular weight is 438 g/mol. The molecular weight excluding hydrogens is 399 g/mol. The van der Waals surface area contributed by atoms with E-state index in [1.54, 1.807) is 0 Å². The number of hydrogen-bond acceptors (Lipinski definition) is 2. The maximum atomic E-state index is 4.82. The number of halogens is 1. The molecular formula is C18H39IN4. The first kappa shape index (κ1) is 23.0. The lowest BCUT2D eigenvalue weighted by molar-refractivity contribution is 0.343. The quantitative estimate of drug-likeness (QED) is 0.328. The van der Waals surface area contributed by atoms with Crippen molar-refractivity contribution in [1.82, 2.24) is 15.5 Å². The molecule has 1 aliphatic rings. The molecule has 0 amide bonds. The van der Waals surface area contributed by atoms with Gasteiger partial charge in [-0.25, -0.2) is 0 Å². The first-order chi connectivity index (χ1) is 10.5. The average Bonchev–Trinajstić information content (AvgIpc) is 2.92. The van der Waals surface area contributed by atoms with E-state index in [0.29, 0.717) is 6.04 Å². The summed E-state index contributed by atoms with van der Waals surface area (Å²) in [7, 11) is 0. The number of likely N-dealkylation sites (tertiary alicyclic amines) is 1. The highest BCUT2D eigenvalue weighted by Gasteiger charge is 2.20. The maximum Gasteiger partial charge on any atom is 0.191 e. The lowest BCUT2D eigenvalue weighted by Crippen LogP contribution is -2.42. The van der Waals surface area contributed by atoms with Crippen LogP contribution in [-0.2, 0) is 0 Å². The Bertz CT molecular complexity index is 320. The summed E-state index contributed by atoms with van der Waals surface area (Å²) in [6, 6.07) is 0.493. The fourth-order valence-electron chi connectivity index (χ4n) is 3.03. The lowest BCUT2D eigenvalue weighted by Gasteiger charge is -2.19. The van der Waals surface area contributed by atoms with Crippen molar-refractivity contribution in [3.05, 3.63) is 0 Å². The monoisotopic (exact) mass is 438 g/mol. The molecule has 2 atom stereocenters. The van der Waals surface area contributed by atoms with Gasteiger partial charge in [0.2, 0.25) is 0 Å². The van der Waals surface area contributed by atoms with Gasteiger partial charge in [-0.3, -0.25) is 4.99 Å². The third-order valence-corrected chi connectivity index (χ3v) is 4.47. The molecule has 1 heterocycles. The second-order valence-corrected chi connectivity index (χ2v) is 7.14. The minimum atomic E-state index is 0. The van der Waals surface area contributed by atoms with Crippen LogP contribution in [0, 0.1) is 11.8 Å². The van der Waals surface area contributed by atoms with Gasteiger partial charge in [0.05, 0.1) is 0 Å². The van der Waals surface area contributed by atoms with Gasteiger partial charge in [0.1, 0.15) is 0 Å². The van der Waals surface area contributed by atoms with Crippen molar-refractivity contribution in [1.29, 1.82) is 0 Å². The Morgan fingerprint density at radius 2 is 1.96 bits per heavy atom. The lowest BCUT2D eigenvalue weighted by atomic mass is 10.0. The van der Waals surface area contributed by atoms with E-state index in [2.05, 4.69) is 50.2 Å². The fourth-order valence-corrected chi connectivity index (χ4v) is 3.03. The summed E-state index contributed by atoms with van der Waals surface area (Å²) in [4.78, 5) is 7.34. The third kappa shape index (κ3) is 10.4. The van der Waals surface area contributed by atoms with E-state index < -0.39 is 0 Å². The van der Waals surface area contributed by atoms with Gasteiger partial charge < -0.3 is 15.5 Å². The van der Waals surface area contributed by atoms with Crippen LogP contribution in [0.15, 0.2) is 4.99 Å². The molecule has 2 N–H and O–H groups in total. The van der Waals surface area contributed by atoms with Gasteiger partial charge in [-0.15, -0.1) is 24.0 Å². The number of rotatable bonds is 9. The van der Waals surface area contributed by atoms with Crippen molar-refractivity contribution < 1.29 is 0 Å². The van der Waals surface area contributed by atoms with Crippen molar-refractivity contribution in [2.45, 2.75) is 66.3 Å². The van der Waals surface area contributed by atoms with Crippen LogP contribution in [0.25, 0.3) is 0 Å². The Kier molecular flexibility index (Phi) is 13.3. The first-order valence-electron chi connectivity index (χ1n) is 9.32. The molecule has 23 heavy (non-hydrogen) atoms. The van der Waals surface area contributed by atoms with Gasteiger partial charge in [-0.1, -0.05) is 33.6 Å². The highest BCUT2D eigenvalue weighted by molar-refractivity contribution is 14.0. The molecule has 0 aromatic rings. The molecule has 0 aromatic heterocycles. The van der Waals surface area contributed by atoms with E-state index in [4.69, 9.17) is 4.99 Å². The minimum Gasteiger partial charge on any atom is -0.357 e. The standard InChI is InChI=1S/C18H38N4.HI/c1-6-19-18(21-16(5)10-8-9-15(3)4)20-13-17-11-12-22(7-2)14-17;/h15-17H,6-14H2,1-5H3,(H2,19,20,21);1H. The van der Waals surface area contributed by atoms with Crippen LogP contribution in [-0.4, -0.2) is 49.6 Å². The van der Waals surface area contributed by atoms with E-state index in [1.807, 2.05) is 0 Å². The van der Waals surface area contributed by atoms with E-state index >= 15 is 0 Å². The highest BCUT2D eigenvalue weighted by Crippen LogP contribution is 2.15. The normalized spacial score (nSPS) is 20.4. The van der Waals surface area contributed by atoms with Crippen LogP contribution < -0.4 is 10.6 Å². The molecule has 1 saturated heterocycles. The Labute approximate surface area is 161 Å². The smallest absolute Gasteiger partial charge is 0.191 e. The fraction of sp³-hybridized carbons (Fsp3) is 0.944. The molecule has 0 bridgehead atoms. The Hall–Kier alpha value is -0.0400. The van der Waals surface area contributed by atoms with Gasteiger partial charge in [-0.2, -0.15) is 0 Å². The molecule has 0 radical (unpaired) electrons. The minimum absolute atomic E-state index is 0. The largest absolute Gasteiger partial charge is 0.357 e. The molecule has 0 aromatic carbocycles. The molecule has 2 unspecified atom stereocenters. The van der Waals surface area contributed by atoms with Gasteiger partial charge in [-0.05, 0) is 51.6 Å². The molecule has 4 nitrogen and oxygen atoms in total. The molecule has 0 aliphatic carbocycles. The van der Waals surface area contributed by atoms with Crippen molar-refractivity contribution in [2.24, 2.45) is 16.8 Å². The number of nitrogens with zero attached hydrogens (tertiary/aromatic N) is 2. The van der Waals surface area contributed by atoms with E-state index in [9.17, 15) is 0 Å². The van der Waals surface area contributed by atoms with Gasteiger partial charge in [0.25, 0.3) is 0 Å². The molecule has 1 fully saturated rings. The summed E-state index contributed by atoms with van der Waals surface area (Å²) in [6.07, 6.45) is 5.12. The van der Waals surface area contributed by atoms with Crippen LogP contribution in [0.3, 0.4) is 0 Å². The summed E-state index contributed by atoms with van der Waals surface area (Å²) >= 11 is 0. The zero-order valence-corrected chi connectivity index (χ0v) is 18.2. The Morgan fingerprint density at radius 1 is 1.22 bits per heavy atom. The molecule has 1 aliphatic heterocycles. The topological polar surface area (TPSA) is 39.7 Å². The van der Waals surface area contributed by atoms with Gasteiger partial charge in [0, 0.05) is 25.7 Å². The molecule has 138 valence electrons. The van der Waals surface area contributed by atoms with Crippen molar-refractivity contribution in [2.75, 3.05) is 32.7 Å². The second-order valence-electron chi connectivity index (χ2n) is 7.14. The molecule has 0 spiro atoms. The van der Waals surface area contributed by atoms with Crippen LogP contribution in [0.4, 0.5) is 0 Å². The summed E-state index contributed by atoms with van der Waals surface area (Å²) < 4.78 is 0. The van der Waals surface area contributed by atoms with Crippen molar-refractivity contribution in [3.8, 4) is 0 Å². The third-order valence-electron chi connectivity index (χ3n) is 4.47. The van der Waals surface area contributed by atoms with E-state index in [0.717, 1.165) is 30.9 Å². The number of aliphatic imine (C=N–C) groups is 1. The SMILES string of the molecule is CCNC(=NCC1CCN(CC)C1)NC(C)CCCC(C)C.I. The van der Waals surface area contributed by atoms with E-state index in [-0.39, 0.29) is 24.0 Å². The molecule has 1 rings (SSSR count). The van der Waals surface area contributed by atoms with Crippen molar-refractivity contribution in [3.63, 3.8) is 0 Å². The molecule has 5 heteroatoms. The number of nitrogens with one attached hydrogen (secondary N) is 2. The summed E-state index contributed by atoms with van der Waals surface area (Å²) in [5.74, 6) is 2.53. The Morgan fingerprint density at radius 3 is 2.52 bits per heavy atom.